The minimum Gasteiger partial charge on any atom is -0.493 e. The molecule has 2 amide bonds. The Labute approximate surface area is 311 Å². The summed E-state index contributed by atoms with van der Waals surface area (Å²) in [5.74, 6) is 3.08. The number of anilines is 1. The molecule has 3 aliphatic heterocycles. The van der Waals surface area contributed by atoms with Crippen molar-refractivity contribution in [3.8, 4) is 28.7 Å². The van der Waals surface area contributed by atoms with Crippen molar-refractivity contribution < 1.29 is 41.7 Å². The van der Waals surface area contributed by atoms with Crippen molar-refractivity contribution in [1.82, 2.24) is 23.8 Å². The second kappa shape index (κ2) is 16.6. The van der Waals surface area contributed by atoms with E-state index in [9.17, 15) is 18.0 Å². The molecule has 2 aromatic carbocycles. The van der Waals surface area contributed by atoms with E-state index in [2.05, 4.69) is 10.2 Å². The summed E-state index contributed by atoms with van der Waals surface area (Å²) in [6.07, 6.45) is 3.40. The number of carbonyl (C=O) groups is 2. The molecule has 16 heteroatoms. The van der Waals surface area contributed by atoms with Crippen LogP contribution in [0.2, 0.25) is 0 Å². The van der Waals surface area contributed by atoms with Gasteiger partial charge in [-0.15, -0.1) is 0 Å². The third-order valence-electron chi connectivity index (χ3n) is 10.1. The number of benzene rings is 2. The van der Waals surface area contributed by atoms with Gasteiger partial charge in [0.1, 0.15) is 5.82 Å². The molecule has 1 atom stereocenters. The predicted molar refractivity (Wildman–Crippen MR) is 199 cm³/mol. The quantitative estimate of drug-likeness (QED) is 0.361. The van der Waals surface area contributed by atoms with Crippen LogP contribution >= 0.6 is 0 Å². The number of pyridine rings is 1. The molecule has 0 spiro atoms. The van der Waals surface area contributed by atoms with Gasteiger partial charge >= 0.3 is 0 Å². The van der Waals surface area contributed by atoms with E-state index in [4.69, 9.17) is 28.7 Å². The SMILES string of the molecule is COc1cc2nc3c(cc2c(OC)c1OC)CN(S(=O)(=O)N(C)C)CCCCN(C(=O)CCc1ccc2c(c1)OCO2)CC(=O)NCC1CCCN3C1. The lowest BCUT2D eigenvalue weighted by molar-refractivity contribution is -0.136. The third kappa shape index (κ3) is 8.49. The van der Waals surface area contributed by atoms with Gasteiger partial charge in [0.05, 0.1) is 33.4 Å². The Morgan fingerprint density at radius 2 is 1.74 bits per heavy atom. The molecule has 0 radical (unpaired) electrons. The number of methoxy groups -OCH3 is 3. The maximum absolute atomic E-state index is 13.8. The largest absolute Gasteiger partial charge is 0.493 e. The highest BCUT2D eigenvalue weighted by molar-refractivity contribution is 7.86. The second-order valence-electron chi connectivity index (χ2n) is 13.8. The molecule has 0 aliphatic carbocycles. The molecular weight excluding hydrogens is 705 g/mol. The lowest BCUT2D eigenvalue weighted by atomic mass is 9.97. The monoisotopic (exact) mass is 754 g/mol. The fraction of sp³-hybridized carbons (Fsp3) is 0.541. The Morgan fingerprint density at radius 1 is 0.962 bits per heavy atom. The summed E-state index contributed by atoms with van der Waals surface area (Å²) >= 11 is 0. The molecule has 1 N–H and O–H groups in total. The number of fused-ring (bicyclic) bond motifs is 6. The number of nitrogens with one attached hydrogen (secondary N) is 1. The van der Waals surface area contributed by atoms with Crippen molar-refractivity contribution in [2.45, 2.75) is 45.1 Å². The lowest BCUT2D eigenvalue weighted by Gasteiger charge is -2.36. The van der Waals surface area contributed by atoms with Gasteiger partial charge in [0.15, 0.2) is 23.0 Å². The molecule has 1 unspecified atom stereocenters. The molecule has 0 saturated carbocycles. The van der Waals surface area contributed by atoms with Crippen LogP contribution < -0.4 is 33.9 Å². The zero-order valence-corrected chi connectivity index (χ0v) is 32.0. The van der Waals surface area contributed by atoms with E-state index in [0.29, 0.717) is 96.5 Å². The highest BCUT2D eigenvalue weighted by Gasteiger charge is 2.31. The molecule has 1 saturated heterocycles. The fourth-order valence-corrected chi connectivity index (χ4v) is 8.33. The summed E-state index contributed by atoms with van der Waals surface area (Å²) in [5.41, 5.74) is 2.27. The van der Waals surface area contributed by atoms with E-state index < -0.39 is 10.2 Å². The first kappa shape index (κ1) is 38.2. The van der Waals surface area contributed by atoms with E-state index in [0.717, 1.165) is 18.4 Å². The molecule has 3 aromatic rings. The van der Waals surface area contributed by atoms with E-state index in [1.807, 2.05) is 24.3 Å². The number of aromatic nitrogens is 1. The van der Waals surface area contributed by atoms with E-state index in [1.54, 1.807) is 25.2 Å². The topological polar surface area (TPSA) is 152 Å². The van der Waals surface area contributed by atoms with Gasteiger partial charge in [0, 0.05) is 76.8 Å². The molecular formula is C37H50N6O9S. The van der Waals surface area contributed by atoms with Gasteiger partial charge in [-0.05, 0) is 61.8 Å². The minimum atomic E-state index is -3.88. The van der Waals surface area contributed by atoms with Gasteiger partial charge < -0.3 is 38.8 Å². The van der Waals surface area contributed by atoms with Crippen LogP contribution in [-0.4, -0.2) is 120 Å². The summed E-state index contributed by atoms with van der Waals surface area (Å²) < 4.78 is 58.3. The van der Waals surface area contributed by atoms with E-state index in [1.165, 1.54) is 29.8 Å². The molecule has 288 valence electrons. The van der Waals surface area contributed by atoms with Crippen LogP contribution in [0.1, 0.15) is 43.2 Å². The lowest BCUT2D eigenvalue weighted by Crippen LogP contribution is -2.46. The molecule has 53 heavy (non-hydrogen) atoms. The van der Waals surface area contributed by atoms with Crippen molar-refractivity contribution in [1.29, 1.82) is 0 Å². The Morgan fingerprint density at radius 3 is 2.49 bits per heavy atom. The number of carbonyl (C=O) groups excluding carboxylic acids is 2. The molecule has 1 aromatic heterocycles. The Balaban J connectivity index is 1.31. The van der Waals surface area contributed by atoms with E-state index in [-0.39, 0.29) is 50.6 Å². The summed E-state index contributed by atoms with van der Waals surface area (Å²) in [4.78, 5) is 35.8. The maximum atomic E-state index is 13.8. The Hall–Kier alpha value is -4.54. The van der Waals surface area contributed by atoms with Crippen molar-refractivity contribution in [2.75, 3.05) is 86.4 Å². The van der Waals surface area contributed by atoms with E-state index >= 15 is 0 Å². The zero-order valence-electron chi connectivity index (χ0n) is 31.2. The standard InChI is InChI=1S/C37H50N6O9S/c1-40(2)53(46,47)43-16-7-6-14-41(34(45)13-11-25-10-12-30-31(17-25)52-24-51-30)23-33(44)38-20-26-9-8-15-42(21-26)37-27(22-43)18-28-29(39-37)19-32(48-3)36(50-5)35(28)49-4/h10,12,17-19,26H,6-9,11,13-16,20-24H2,1-5H3,(H,38,44). The van der Waals surface area contributed by atoms with Crippen LogP contribution in [-0.2, 0) is 32.8 Å². The first-order valence-electron chi connectivity index (χ1n) is 18.0. The average Bonchev–Trinajstić information content (AvgIpc) is 3.63. The van der Waals surface area contributed by atoms with Gasteiger partial charge in [0.2, 0.25) is 24.4 Å². The highest BCUT2D eigenvalue weighted by atomic mass is 32.2. The normalized spacial score (nSPS) is 18.8. The second-order valence-corrected chi connectivity index (χ2v) is 15.9. The summed E-state index contributed by atoms with van der Waals surface area (Å²) in [6.45, 7) is 2.43. The van der Waals surface area contributed by atoms with Crippen LogP contribution in [0.5, 0.6) is 28.7 Å². The number of amides is 2. The molecule has 15 nitrogen and oxygen atoms in total. The van der Waals surface area contributed by atoms with Crippen LogP contribution in [0, 0.1) is 5.92 Å². The number of hydrogen-bond donors (Lipinski definition) is 1. The van der Waals surface area contributed by atoms with Gasteiger partial charge in [-0.25, -0.2) is 4.98 Å². The molecule has 1 fully saturated rings. The molecule has 6 rings (SSSR count). The van der Waals surface area contributed by atoms with Crippen molar-refractivity contribution >= 4 is 38.7 Å². The smallest absolute Gasteiger partial charge is 0.281 e. The Kier molecular flexibility index (Phi) is 12.0. The molecule has 4 heterocycles. The number of hydrogen-bond acceptors (Lipinski definition) is 11. The summed E-state index contributed by atoms with van der Waals surface area (Å²) in [6, 6.07) is 9.36. The summed E-state index contributed by atoms with van der Waals surface area (Å²) in [7, 11) is 3.79. The number of rotatable bonds is 8. The van der Waals surface area contributed by atoms with Gasteiger partial charge in [-0.3, -0.25) is 9.59 Å². The number of piperidine rings is 1. The third-order valence-corrected chi connectivity index (χ3v) is 11.9. The van der Waals surface area contributed by atoms with Crippen molar-refractivity contribution in [3.05, 3.63) is 41.5 Å². The highest BCUT2D eigenvalue weighted by Crippen LogP contribution is 2.44. The van der Waals surface area contributed by atoms with Crippen LogP contribution in [0.4, 0.5) is 5.82 Å². The average molecular weight is 755 g/mol. The van der Waals surface area contributed by atoms with Crippen LogP contribution in [0.15, 0.2) is 30.3 Å². The Bertz CT molecular complexity index is 1920. The van der Waals surface area contributed by atoms with Crippen molar-refractivity contribution in [3.63, 3.8) is 0 Å². The first-order valence-corrected chi connectivity index (χ1v) is 19.4. The number of nitrogens with zero attached hydrogens (tertiary/aromatic N) is 5. The van der Waals surface area contributed by atoms with Gasteiger partial charge in [-0.1, -0.05) is 6.07 Å². The number of aryl methyl sites for hydroxylation is 1. The number of ether oxygens (including phenoxy) is 5. The predicted octanol–water partition coefficient (Wildman–Crippen LogP) is 3.19. The van der Waals surface area contributed by atoms with Gasteiger partial charge in [0.25, 0.3) is 10.2 Å². The van der Waals surface area contributed by atoms with Crippen molar-refractivity contribution in [2.24, 2.45) is 5.92 Å². The molecule has 2 bridgehead atoms. The fourth-order valence-electron chi connectivity index (χ4n) is 7.21. The molecule has 3 aliphatic rings. The van der Waals surface area contributed by atoms with Crippen LogP contribution in [0.3, 0.4) is 0 Å². The first-order chi connectivity index (χ1) is 25.5. The zero-order chi connectivity index (χ0) is 37.7. The van der Waals surface area contributed by atoms with Crippen LogP contribution in [0.25, 0.3) is 10.9 Å². The van der Waals surface area contributed by atoms with Gasteiger partial charge in [-0.2, -0.15) is 17.0 Å². The maximum Gasteiger partial charge on any atom is 0.281 e. The summed E-state index contributed by atoms with van der Waals surface area (Å²) in [5, 5.41) is 3.76. The minimum absolute atomic E-state index is 0.0619.